The number of likely N-dealkylation sites (tertiary alicyclic amines) is 1. The van der Waals surface area contributed by atoms with Crippen LogP contribution < -0.4 is 0 Å². The molecule has 2 heterocycles. The number of carbonyl (C=O) groups excluding carboxylic acids is 1. The fraction of sp³-hybridized carbons (Fsp3) is 0.615. The van der Waals surface area contributed by atoms with Crippen molar-refractivity contribution in [1.82, 2.24) is 4.90 Å². The Bertz CT molecular complexity index is 334. The number of hydrogen-bond donors (Lipinski definition) is 0. The fourth-order valence-corrected chi connectivity index (χ4v) is 3.16. The molecule has 0 aliphatic carbocycles. The molecule has 1 aromatic heterocycles. The van der Waals surface area contributed by atoms with Crippen molar-refractivity contribution in [2.45, 2.75) is 45.2 Å². The highest BCUT2D eigenvalue weighted by Crippen LogP contribution is 2.23. The van der Waals surface area contributed by atoms with Gasteiger partial charge in [0.2, 0.25) is 0 Å². The maximum absolute atomic E-state index is 11.2. The number of nitrogens with zero attached hydrogens (tertiary/aromatic N) is 1. The number of Topliss-reactive ketones (excluding diaryl/α,β-unsaturated/α-hetero) is 1. The lowest BCUT2D eigenvalue weighted by atomic mass is 9.98. The van der Waals surface area contributed by atoms with Crippen LogP contribution in [0.1, 0.15) is 37.5 Å². The molecule has 1 aromatic rings. The van der Waals surface area contributed by atoms with Gasteiger partial charge in [0, 0.05) is 23.9 Å². The average Bonchev–Trinajstić information content (AvgIpc) is 2.73. The van der Waals surface area contributed by atoms with E-state index in [-0.39, 0.29) is 0 Å². The lowest BCUT2D eigenvalue weighted by Crippen LogP contribution is -2.39. The van der Waals surface area contributed by atoms with Crippen LogP contribution in [0.4, 0.5) is 0 Å². The van der Waals surface area contributed by atoms with E-state index >= 15 is 0 Å². The van der Waals surface area contributed by atoms with Crippen molar-refractivity contribution in [2.75, 3.05) is 6.54 Å². The second-order valence-corrected chi connectivity index (χ2v) is 5.64. The number of ketones is 1. The highest BCUT2D eigenvalue weighted by Gasteiger charge is 2.23. The smallest absolute Gasteiger partial charge is 0.131 e. The molecule has 1 aliphatic heterocycles. The van der Waals surface area contributed by atoms with Gasteiger partial charge in [0.15, 0.2) is 0 Å². The molecule has 0 amide bonds. The molecule has 16 heavy (non-hydrogen) atoms. The van der Waals surface area contributed by atoms with Crippen molar-refractivity contribution in [2.24, 2.45) is 0 Å². The Morgan fingerprint density at radius 1 is 1.56 bits per heavy atom. The summed E-state index contributed by atoms with van der Waals surface area (Å²) in [4.78, 5) is 15.1. The van der Waals surface area contributed by atoms with Crippen molar-refractivity contribution < 1.29 is 4.79 Å². The molecule has 1 aliphatic rings. The quantitative estimate of drug-likeness (QED) is 0.802. The van der Waals surface area contributed by atoms with E-state index in [1.807, 2.05) is 11.3 Å². The van der Waals surface area contributed by atoms with Gasteiger partial charge in [0.25, 0.3) is 0 Å². The van der Waals surface area contributed by atoms with E-state index < -0.39 is 0 Å². The van der Waals surface area contributed by atoms with Crippen LogP contribution in [0.3, 0.4) is 0 Å². The number of hydrogen-bond acceptors (Lipinski definition) is 3. The zero-order chi connectivity index (χ0) is 11.4. The summed E-state index contributed by atoms with van der Waals surface area (Å²) in [6, 6.07) is 4.77. The predicted octanol–water partition coefficient (Wildman–Crippen LogP) is 3.08. The zero-order valence-electron chi connectivity index (χ0n) is 9.82. The molecule has 2 rings (SSSR count). The second kappa shape index (κ2) is 5.60. The third-order valence-electron chi connectivity index (χ3n) is 3.21. The largest absolute Gasteiger partial charge is 0.300 e. The molecule has 0 spiro atoms. The Labute approximate surface area is 101 Å². The first-order chi connectivity index (χ1) is 7.75. The summed E-state index contributed by atoms with van der Waals surface area (Å²) in [5.74, 6) is 0.322. The van der Waals surface area contributed by atoms with Crippen LogP contribution in [0.5, 0.6) is 0 Å². The number of thiophene rings is 1. The van der Waals surface area contributed by atoms with E-state index in [1.54, 1.807) is 6.92 Å². The lowest BCUT2D eigenvalue weighted by molar-refractivity contribution is -0.118. The Morgan fingerprint density at radius 3 is 3.12 bits per heavy atom. The van der Waals surface area contributed by atoms with Gasteiger partial charge in [0.1, 0.15) is 5.78 Å². The van der Waals surface area contributed by atoms with Gasteiger partial charge in [-0.1, -0.05) is 12.5 Å². The summed E-state index contributed by atoms with van der Waals surface area (Å²) in [5.41, 5.74) is 0. The standard InChI is InChI=1S/C13H19NOS/c1-11(15)9-12-5-2-3-7-14(12)10-13-6-4-8-16-13/h4,6,8,12H,2-3,5,7,9-10H2,1H3. The van der Waals surface area contributed by atoms with E-state index in [9.17, 15) is 4.79 Å². The summed E-state index contributed by atoms with van der Waals surface area (Å²) in [6.07, 6.45) is 4.47. The summed E-state index contributed by atoms with van der Waals surface area (Å²) in [7, 11) is 0. The zero-order valence-corrected chi connectivity index (χ0v) is 10.6. The van der Waals surface area contributed by atoms with Crippen LogP contribution in [0, 0.1) is 0 Å². The van der Waals surface area contributed by atoms with Crippen LogP contribution in [-0.4, -0.2) is 23.3 Å². The van der Waals surface area contributed by atoms with Crippen molar-refractivity contribution in [3.63, 3.8) is 0 Å². The average molecular weight is 237 g/mol. The van der Waals surface area contributed by atoms with Crippen LogP contribution in [-0.2, 0) is 11.3 Å². The van der Waals surface area contributed by atoms with E-state index in [0.717, 1.165) is 19.5 Å². The van der Waals surface area contributed by atoms with Gasteiger partial charge in [-0.05, 0) is 37.8 Å². The highest BCUT2D eigenvalue weighted by atomic mass is 32.1. The Kier molecular flexibility index (Phi) is 4.13. The molecule has 0 radical (unpaired) electrons. The highest BCUT2D eigenvalue weighted by molar-refractivity contribution is 7.09. The molecule has 0 N–H and O–H groups in total. The summed E-state index contributed by atoms with van der Waals surface area (Å²) >= 11 is 1.81. The maximum atomic E-state index is 11.2. The van der Waals surface area contributed by atoms with Crippen molar-refractivity contribution in [1.29, 1.82) is 0 Å². The summed E-state index contributed by atoms with van der Waals surface area (Å²) < 4.78 is 0. The monoisotopic (exact) mass is 237 g/mol. The van der Waals surface area contributed by atoms with Gasteiger partial charge in [-0.15, -0.1) is 11.3 Å². The first kappa shape index (κ1) is 11.8. The fourth-order valence-electron chi connectivity index (χ4n) is 2.43. The third-order valence-corrected chi connectivity index (χ3v) is 4.07. The second-order valence-electron chi connectivity index (χ2n) is 4.61. The van der Waals surface area contributed by atoms with Crippen LogP contribution in [0.15, 0.2) is 17.5 Å². The first-order valence-electron chi connectivity index (χ1n) is 6.01. The van der Waals surface area contributed by atoms with Gasteiger partial charge in [-0.2, -0.15) is 0 Å². The molecule has 1 saturated heterocycles. The van der Waals surface area contributed by atoms with Crippen LogP contribution in [0.2, 0.25) is 0 Å². The van der Waals surface area contributed by atoms with Gasteiger partial charge in [0.05, 0.1) is 0 Å². The van der Waals surface area contributed by atoms with Crippen molar-refractivity contribution in [3.05, 3.63) is 22.4 Å². The number of carbonyl (C=O) groups is 1. The van der Waals surface area contributed by atoms with E-state index in [4.69, 9.17) is 0 Å². The van der Waals surface area contributed by atoms with Gasteiger partial charge < -0.3 is 0 Å². The normalized spacial score (nSPS) is 22.2. The molecule has 2 nitrogen and oxygen atoms in total. The third kappa shape index (κ3) is 3.16. The van der Waals surface area contributed by atoms with Crippen LogP contribution in [0.25, 0.3) is 0 Å². The predicted molar refractivity (Wildman–Crippen MR) is 67.7 cm³/mol. The SMILES string of the molecule is CC(=O)CC1CCCCN1Cc1cccs1. The Balaban J connectivity index is 1.96. The molecule has 1 atom stereocenters. The maximum Gasteiger partial charge on any atom is 0.131 e. The summed E-state index contributed by atoms with van der Waals surface area (Å²) in [6.45, 7) is 3.88. The molecular weight excluding hydrogens is 218 g/mol. The Hall–Kier alpha value is -0.670. The first-order valence-corrected chi connectivity index (χ1v) is 6.89. The minimum Gasteiger partial charge on any atom is -0.300 e. The molecule has 0 bridgehead atoms. The molecular formula is C13H19NOS. The molecule has 1 unspecified atom stereocenters. The topological polar surface area (TPSA) is 20.3 Å². The van der Waals surface area contributed by atoms with E-state index in [0.29, 0.717) is 11.8 Å². The van der Waals surface area contributed by atoms with Gasteiger partial charge in [-0.3, -0.25) is 9.69 Å². The van der Waals surface area contributed by atoms with Gasteiger partial charge >= 0.3 is 0 Å². The van der Waals surface area contributed by atoms with Crippen LogP contribution >= 0.6 is 11.3 Å². The van der Waals surface area contributed by atoms with Gasteiger partial charge in [-0.25, -0.2) is 0 Å². The minimum atomic E-state index is 0.322. The molecule has 3 heteroatoms. The summed E-state index contributed by atoms with van der Waals surface area (Å²) in [5, 5.41) is 2.12. The molecule has 0 aromatic carbocycles. The lowest BCUT2D eigenvalue weighted by Gasteiger charge is -2.34. The molecule has 1 fully saturated rings. The Morgan fingerprint density at radius 2 is 2.44 bits per heavy atom. The molecule has 0 saturated carbocycles. The van der Waals surface area contributed by atoms with E-state index in [1.165, 1.54) is 24.1 Å². The van der Waals surface area contributed by atoms with E-state index in [2.05, 4.69) is 22.4 Å². The van der Waals surface area contributed by atoms with Crippen molar-refractivity contribution in [3.8, 4) is 0 Å². The number of rotatable bonds is 4. The molecule has 88 valence electrons. The minimum absolute atomic E-state index is 0.322. The number of piperidine rings is 1. The van der Waals surface area contributed by atoms with Crippen molar-refractivity contribution >= 4 is 17.1 Å².